The van der Waals surface area contributed by atoms with Gasteiger partial charge in [0.05, 0.1) is 16.3 Å². The molecule has 9 nitrogen and oxygen atoms in total. The van der Waals surface area contributed by atoms with E-state index in [1.165, 1.54) is 34.9 Å². The summed E-state index contributed by atoms with van der Waals surface area (Å²) in [5.74, 6) is 0. The first-order valence-electron chi connectivity index (χ1n) is 9.85. The van der Waals surface area contributed by atoms with E-state index < -0.39 is 20.0 Å². The number of nitrogens with one attached hydrogen (secondary N) is 1. The highest BCUT2D eigenvalue weighted by atomic mass is 32.2. The van der Waals surface area contributed by atoms with E-state index in [1.54, 1.807) is 11.0 Å². The summed E-state index contributed by atoms with van der Waals surface area (Å²) in [4.78, 5) is 4.04. The highest BCUT2D eigenvalue weighted by Gasteiger charge is 2.27. The topological polar surface area (TPSA) is 114 Å². The summed E-state index contributed by atoms with van der Waals surface area (Å²) >= 11 is 0. The van der Waals surface area contributed by atoms with E-state index in [-0.39, 0.29) is 16.3 Å². The molecule has 0 saturated carbocycles. The fourth-order valence-electron chi connectivity index (χ4n) is 3.50. The van der Waals surface area contributed by atoms with Crippen LogP contribution >= 0.6 is 0 Å². The second kappa shape index (κ2) is 8.87. The molecule has 164 valence electrons. The van der Waals surface area contributed by atoms with Crippen molar-refractivity contribution in [2.75, 3.05) is 13.1 Å². The van der Waals surface area contributed by atoms with Crippen LogP contribution in [0.15, 0.2) is 71.0 Å². The lowest BCUT2D eigenvalue weighted by molar-refractivity contribution is 0.477. The van der Waals surface area contributed by atoms with Crippen molar-refractivity contribution < 1.29 is 16.8 Å². The van der Waals surface area contributed by atoms with Gasteiger partial charge in [-0.15, -0.1) is 0 Å². The van der Waals surface area contributed by atoms with E-state index >= 15 is 0 Å². The summed E-state index contributed by atoms with van der Waals surface area (Å²) in [6.07, 6.45) is 4.72. The zero-order valence-corrected chi connectivity index (χ0v) is 18.4. The second-order valence-corrected chi connectivity index (χ2v) is 11.0. The number of hydrogen-bond donors (Lipinski definition) is 1. The molecule has 0 unspecified atom stereocenters. The Kier molecular flexibility index (Phi) is 6.19. The third kappa shape index (κ3) is 4.85. The average Bonchev–Trinajstić information content (AvgIpc) is 3.48. The minimum Gasteiger partial charge on any atom is -0.249 e. The summed E-state index contributed by atoms with van der Waals surface area (Å²) in [7, 11) is -7.39. The first kappa shape index (κ1) is 21.6. The van der Waals surface area contributed by atoms with Gasteiger partial charge in [0.25, 0.3) is 0 Å². The predicted molar refractivity (Wildman–Crippen MR) is 114 cm³/mol. The van der Waals surface area contributed by atoms with E-state index in [0.717, 1.165) is 24.0 Å². The number of nitrogens with zero attached hydrogens (tertiary/aromatic N) is 4. The molecule has 2 heterocycles. The Labute approximate surface area is 181 Å². The summed E-state index contributed by atoms with van der Waals surface area (Å²) < 4.78 is 56.4. The van der Waals surface area contributed by atoms with E-state index in [9.17, 15) is 16.8 Å². The highest BCUT2D eigenvalue weighted by molar-refractivity contribution is 7.89. The van der Waals surface area contributed by atoms with Crippen molar-refractivity contribution in [2.24, 2.45) is 0 Å². The smallest absolute Gasteiger partial charge is 0.243 e. The monoisotopic (exact) mass is 461 g/mol. The van der Waals surface area contributed by atoms with E-state index in [0.29, 0.717) is 19.6 Å². The number of rotatable bonds is 8. The Bertz CT molecular complexity index is 1230. The van der Waals surface area contributed by atoms with Gasteiger partial charge in [0, 0.05) is 19.6 Å². The van der Waals surface area contributed by atoms with E-state index in [4.69, 9.17) is 0 Å². The van der Waals surface area contributed by atoms with Crippen LogP contribution in [0.25, 0.3) is 0 Å². The Morgan fingerprint density at radius 3 is 2.16 bits per heavy atom. The Balaban J connectivity index is 1.47. The number of benzene rings is 2. The van der Waals surface area contributed by atoms with Crippen molar-refractivity contribution in [1.82, 2.24) is 23.8 Å². The quantitative estimate of drug-likeness (QED) is 0.545. The zero-order valence-electron chi connectivity index (χ0n) is 16.8. The Morgan fingerprint density at radius 2 is 1.52 bits per heavy atom. The molecular formula is C20H23N5O4S2. The second-order valence-electron chi connectivity index (χ2n) is 7.27. The molecule has 1 aliphatic heterocycles. The molecule has 1 N–H and O–H groups in total. The van der Waals surface area contributed by atoms with Crippen LogP contribution in [0.3, 0.4) is 0 Å². The van der Waals surface area contributed by atoms with Crippen molar-refractivity contribution >= 4 is 20.0 Å². The number of sulfonamides is 2. The molecule has 0 aliphatic carbocycles. The number of aromatic nitrogens is 3. The van der Waals surface area contributed by atoms with Gasteiger partial charge in [-0.2, -0.15) is 9.40 Å². The molecule has 0 spiro atoms. The van der Waals surface area contributed by atoms with Crippen molar-refractivity contribution in [2.45, 2.75) is 35.7 Å². The Hall–Kier alpha value is -2.60. The van der Waals surface area contributed by atoms with Gasteiger partial charge < -0.3 is 0 Å². The van der Waals surface area contributed by atoms with Gasteiger partial charge >= 0.3 is 0 Å². The van der Waals surface area contributed by atoms with Gasteiger partial charge in [0.15, 0.2) is 0 Å². The van der Waals surface area contributed by atoms with Gasteiger partial charge in [0.1, 0.15) is 12.7 Å². The molecule has 0 radical (unpaired) electrons. The minimum atomic E-state index is -3.81. The third-order valence-corrected chi connectivity index (χ3v) is 8.54. The van der Waals surface area contributed by atoms with Crippen molar-refractivity contribution in [3.63, 3.8) is 0 Å². The lowest BCUT2D eigenvalue weighted by atomic mass is 10.1. The van der Waals surface area contributed by atoms with Crippen LogP contribution in [0.4, 0.5) is 0 Å². The molecule has 1 aromatic heterocycles. The van der Waals surface area contributed by atoms with Crippen LogP contribution in [0.5, 0.6) is 0 Å². The maximum absolute atomic E-state index is 12.8. The molecule has 11 heteroatoms. The van der Waals surface area contributed by atoms with Gasteiger partial charge in [-0.05, 0) is 48.2 Å². The molecular weight excluding hydrogens is 438 g/mol. The zero-order chi connectivity index (χ0) is 21.9. The molecule has 0 amide bonds. The summed E-state index contributed by atoms with van der Waals surface area (Å²) in [5, 5.41) is 4.08. The third-order valence-electron chi connectivity index (χ3n) is 5.21. The predicted octanol–water partition coefficient (Wildman–Crippen LogP) is 1.59. The fraction of sp³-hybridized carbons (Fsp3) is 0.300. The molecule has 2 aromatic carbocycles. The summed E-state index contributed by atoms with van der Waals surface area (Å²) in [6, 6.07) is 12.8. The highest BCUT2D eigenvalue weighted by Crippen LogP contribution is 2.22. The van der Waals surface area contributed by atoms with Crippen LogP contribution in [0.1, 0.15) is 24.0 Å². The fourth-order valence-corrected chi connectivity index (χ4v) is 6.02. The summed E-state index contributed by atoms with van der Waals surface area (Å²) in [6.45, 7) is 1.57. The van der Waals surface area contributed by atoms with Crippen molar-refractivity contribution in [1.29, 1.82) is 0 Å². The van der Waals surface area contributed by atoms with E-state index in [2.05, 4.69) is 14.8 Å². The van der Waals surface area contributed by atoms with Crippen LogP contribution in [0.2, 0.25) is 0 Å². The standard InChI is InChI=1S/C20H23N5O4S2/c26-30(27,19-7-9-20(10-8-19)31(28,29)25-11-3-4-12-25)23-13-17-5-1-2-6-18(17)14-24-16-21-15-22-24/h1-2,5-10,15-16,23H,3-4,11-14H2. The minimum absolute atomic E-state index is 0.0154. The van der Waals surface area contributed by atoms with Gasteiger partial charge in [-0.1, -0.05) is 24.3 Å². The summed E-state index contributed by atoms with van der Waals surface area (Å²) in [5.41, 5.74) is 1.73. The molecule has 31 heavy (non-hydrogen) atoms. The lowest BCUT2D eigenvalue weighted by Gasteiger charge is -2.16. The van der Waals surface area contributed by atoms with Crippen molar-refractivity contribution in [3.05, 3.63) is 72.3 Å². The van der Waals surface area contributed by atoms with Gasteiger partial charge in [-0.25, -0.2) is 31.2 Å². The largest absolute Gasteiger partial charge is 0.249 e. The van der Waals surface area contributed by atoms with Gasteiger partial charge in [-0.3, -0.25) is 0 Å². The van der Waals surface area contributed by atoms with E-state index in [1.807, 2.05) is 24.3 Å². The van der Waals surface area contributed by atoms with Crippen LogP contribution in [-0.4, -0.2) is 49.0 Å². The maximum atomic E-state index is 12.8. The molecule has 1 fully saturated rings. The SMILES string of the molecule is O=S(=O)(NCc1ccccc1Cn1cncn1)c1ccc(S(=O)(=O)N2CCCC2)cc1. The molecule has 3 aromatic rings. The molecule has 1 aliphatic rings. The first-order chi connectivity index (χ1) is 14.9. The van der Waals surface area contributed by atoms with Gasteiger partial charge in [0.2, 0.25) is 20.0 Å². The number of hydrogen-bond acceptors (Lipinski definition) is 6. The molecule has 0 atom stereocenters. The first-order valence-corrected chi connectivity index (χ1v) is 12.8. The molecule has 4 rings (SSSR count). The van der Waals surface area contributed by atoms with Crippen LogP contribution < -0.4 is 4.72 Å². The molecule has 1 saturated heterocycles. The average molecular weight is 462 g/mol. The van der Waals surface area contributed by atoms with Crippen LogP contribution in [-0.2, 0) is 33.1 Å². The lowest BCUT2D eigenvalue weighted by Crippen LogP contribution is -2.28. The Morgan fingerprint density at radius 1 is 0.871 bits per heavy atom. The van der Waals surface area contributed by atoms with Crippen molar-refractivity contribution in [3.8, 4) is 0 Å². The maximum Gasteiger partial charge on any atom is 0.243 e. The normalized spacial score (nSPS) is 15.4. The van der Waals surface area contributed by atoms with Crippen LogP contribution in [0, 0.1) is 0 Å². The molecule has 0 bridgehead atoms.